The summed E-state index contributed by atoms with van der Waals surface area (Å²) in [6.45, 7) is 16.3. The van der Waals surface area contributed by atoms with Gasteiger partial charge in [-0.2, -0.15) is 0 Å². The third-order valence-electron chi connectivity index (χ3n) is 9.71. The molecule has 4 saturated carbocycles. The molecule has 0 heterocycles. The Kier molecular flexibility index (Phi) is 38.7. The molecule has 1 N–H and O–H groups in total. The van der Waals surface area contributed by atoms with E-state index >= 15 is 0 Å². The summed E-state index contributed by atoms with van der Waals surface area (Å²) in [7, 11) is -1.51. The number of aliphatic hydroxyl groups is 1. The SMILES string of the molecule is C1CCCC1.C1CCCC1.CC(C)(C)S(=O)C1CCC(CN(CCCCCCO)CC2CCC(S(=O)C(C)(C)C)C2)C1.[CH3-].[CH3-].[CH3-].[CH3-].[Fe+2].[Fe+2]. The van der Waals surface area contributed by atoms with E-state index in [9.17, 15) is 8.42 Å². The van der Waals surface area contributed by atoms with Gasteiger partial charge in [-0.05, 0) is 111 Å². The van der Waals surface area contributed by atoms with Crippen molar-refractivity contribution in [1.29, 1.82) is 0 Å². The van der Waals surface area contributed by atoms with Crippen molar-refractivity contribution >= 4 is 21.6 Å². The third kappa shape index (κ3) is 24.5. The topological polar surface area (TPSA) is 57.6 Å². The minimum Gasteiger partial charge on any atom is -0.396 e. The van der Waals surface area contributed by atoms with E-state index in [1.54, 1.807) is 0 Å². The summed E-state index contributed by atoms with van der Waals surface area (Å²) in [5.74, 6) is 1.31. The van der Waals surface area contributed by atoms with Crippen LogP contribution in [0.4, 0.5) is 0 Å². The fourth-order valence-corrected chi connectivity index (χ4v) is 10.9. The molecule has 0 aromatic rings. The molecular weight excluding hydrogens is 718 g/mol. The molecule has 8 heteroatoms. The maximum Gasteiger partial charge on any atom is 2.00 e. The number of rotatable bonds is 12. The van der Waals surface area contributed by atoms with E-state index in [0.29, 0.717) is 28.9 Å². The van der Waals surface area contributed by atoms with Crippen LogP contribution in [0.25, 0.3) is 0 Å². The Balaban J connectivity index is -0.000000329. The minimum absolute atomic E-state index is 0. The van der Waals surface area contributed by atoms with Gasteiger partial charge in [-0.1, -0.05) is 77.0 Å². The first-order chi connectivity index (χ1) is 19.9. The van der Waals surface area contributed by atoms with Crippen LogP contribution in [0.1, 0.15) is 170 Å². The number of unbranched alkanes of at least 4 members (excludes halogenated alkanes) is 3. The van der Waals surface area contributed by atoms with Crippen LogP contribution < -0.4 is 0 Å². The molecule has 0 radical (unpaired) electrons. The van der Waals surface area contributed by atoms with E-state index in [1.807, 2.05) is 0 Å². The smallest absolute Gasteiger partial charge is 0.396 e. The predicted molar refractivity (Wildman–Crippen MR) is 212 cm³/mol. The second-order valence-electron chi connectivity index (χ2n) is 15.9. The molecule has 48 heavy (non-hydrogen) atoms. The summed E-state index contributed by atoms with van der Waals surface area (Å²) in [6, 6.07) is 0. The number of hydrogen-bond donors (Lipinski definition) is 1. The van der Waals surface area contributed by atoms with Crippen LogP contribution in [0.15, 0.2) is 0 Å². The maximum atomic E-state index is 12.9. The molecule has 4 nitrogen and oxygen atoms in total. The first kappa shape index (κ1) is 58.6. The van der Waals surface area contributed by atoms with Gasteiger partial charge in [-0.15, -0.1) is 0 Å². The maximum absolute atomic E-state index is 12.9. The van der Waals surface area contributed by atoms with E-state index in [-0.39, 0.29) is 73.3 Å². The first-order valence-corrected chi connectivity index (χ1v) is 20.5. The Morgan fingerprint density at radius 2 is 0.854 bits per heavy atom. The molecule has 6 unspecified atom stereocenters. The zero-order chi connectivity index (χ0) is 31.0. The second kappa shape index (κ2) is 31.8. The van der Waals surface area contributed by atoms with Crippen molar-refractivity contribution in [2.24, 2.45) is 11.8 Å². The van der Waals surface area contributed by atoms with Crippen LogP contribution >= 0.6 is 0 Å². The van der Waals surface area contributed by atoms with E-state index in [0.717, 1.165) is 58.2 Å². The Labute approximate surface area is 329 Å². The summed E-state index contributed by atoms with van der Waals surface area (Å²) in [5, 5.41) is 9.76. The fourth-order valence-electron chi connectivity index (χ4n) is 7.33. The minimum atomic E-state index is -0.756. The average Bonchev–Trinajstić information content (AvgIpc) is 3.76. The van der Waals surface area contributed by atoms with E-state index in [2.05, 4.69) is 46.4 Å². The normalized spacial score (nSPS) is 24.3. The Bertz CT molecular complexity index is 693. The average molecular weight is 802 g/mol. The third-order valence-corrected chi connectivity index (χ3v) is 14.2. The van der Waals surface area contributed by atoms with Crippen LogP contribution in [0.5, 0.6) is 0 Å². The van der Waals surface area contributed by atoms with Gasteiger partial charge in [-0.25, -0.2) is 0 Å². The van der Waals surface area contributed by atoms with Crippen LogP contribution in [-0.4, -0.2) is 64.7 Å². The quantitative estimate of drug-likeness (QED) is 0.121. The molecule has 294 valence electrons. The van der Waals surface area contributed by atoms with Crippen LogP contribution in [-0.2, 0) is 55.7 Å². The summed E-state index contributed by atoms with van der Waals surface area (Å²) in [6.07, 6.45) is 26.2. The fraction of sp³-hybridized carbons (Fsp3) is 0.900. The molecule has 0 saturated heterocycles. The summed E-state index contributed by atoms with van der Waals surface area (Å²) in [4.78, 5) is 2.68. The molecule has 0 aromatic heterocycles. The molecule has 0 spiro atoms. The van der Waals surface area contributed by atoms with Gasteiger partial charge in [0.15, 0.2) is 0 Å². The van der Waals surface area contributed by atoms with Gasteiger partial charge in [0.2, 0.25) is 0 Å². The molecule has 4 fully saturated rings. The van der Waals surface area contributed by atoms with Crippen molar-refractivity contribution in [1.82, 2.24) is 4.90 Å². The molecule has 0 aromatic carbocycles. The van der Waals surface area contributed by atoms with Crippen molar-refractivity contribution in [3.8, 4) is 0 Å². The van der Waals surface area contributed by atoms with Crippen molar-refractivity contribution < 1.29 is 47.7 Å². The number of aliphatic hydroxyl groups excluding tert-OH is 1. The molecule has 4 aliphatic carbocycles. The zero-order valence-corrected chi connectivity index (χ0v) is 37.4. The van der Waals surface area contributed by atoms with Crippen LogP contribution in [0, 0.1) is 41.5 Å². The van der Waals surface area contributed by atoms with Crippen molar-refractivity contribution in [2.45, 2.75) is 190 Å². The molecule has 4 rings (SSSR count). The van der Waals surface area contributed by atoms with Gasteiger partial charge < -0.3 is 39.7 Å². The van der Waals surface area contributed by atoms with E-state index in [4.69, 9.17) is 5.11 Å². The molecule has 4 aliphatic rings. The van der Waals surface area contributed by atoms with Crippen molar-refractivity contribution in [3.05, 3.63) is 29.7 Å². The second-order valence-corrected chi connectivity index (χ2v) is 20.8. The summed E-state index contributed by atoms with van der Waals surface area (Å²) in [5.41, 5.74) is 0. The van der Waals surface area contributed by atoms with Crippen LogP contribution in [0.3, 0.4) is 0 Å². The van der Waals surface area contributed by atoms with Crippen molar-refractivity contribution in [3.63, 3.8) is 0 Å². The van der Waals surface area contributed by atoms with Gasteiger partial charge in [0.05, 0.1) is 0 Å². The molecule has 0 amide bonds. The summed E-state index contributed by atoms with van der Waals surface area (Å²) < 4.78 is 25.5. The van der Waals surface area contributed by atoms with E-state index in [1.165, 1.54) is 89.9 Å². The monoisotopic (exact) mass is 801 g/mol. The molecule has 0 bridgehead atoms. The Morgan fingerprint density at radius 1 is 0.542 bits per heavy atom. The summed E-state index contributed by atoms with van der Waals surface area (Å²) >= 11 is 0. The first-order valence-electron chi connectivity index (χ1n) is 18.1. The van der Waals surface area contributed by atoms with Crippen molar-refractivity contribution in [2.75, 3.05) is 26.2 Å². The Morgan fingerprint density at radius 3 is 1.15 bits per heavy atom. The van der Waals surface area contributed by atoms with Gasteiger partial charge in [-0.3, -0.25) is 8.42 Å². The van der Waals surface area contributed by atoms with Gasteiger partial charge >= 0.3 is 34.1 Å². The zero-order valence-electron chi connectivity index (χ0n) is 33.5. The predicted octanol–water partition coefficient (Wildman–Crippen LogP) is 11.0. The Hall–Kier alpha value is 1.26. The van der Waals surface area contributed by atoms with Gasteiger partial charge in [0.1, 0.15) is 0 Å². The van der Waals surface area contributed by atoms with Gasteiger partial charge in [0.25, 0.3) is 0 Å². The molecule has 0 aliphatic heterocycles. The number of hydrogen-bond acceptors (Lipinski definition) is 4. The van der Waals surface area contributed by atoms with E-state index < -0.39 is 21.6 Å². The largest absolute Gasteiger partial charge is 2.00 e. The van der Waals surface area contributed by atoms with Gasteiger partial charge in [0, 0.05) is 61.3 Å². The standard InChI is InChI=1S/C26H51NO3S2.2C5H10.4CH3.2Fe/c1-25(2,3)31(29)23-13-11-21(17-23)19-27(15-9-7-8-10-16-28)20-22-12-14-24(18-22)32(30)26(4,5)6;2*1-2-4-5-3-1;;;;;;/h21-24,28H,7-20H2,1-6H3;2*1-5H2;4*1H3;;/q;;;4*-1;2*+2. The number of nitrogens with zero attached hydrogens (tertiary/aromatic N) is 1. The molecular formula is C40H83Fe2NO3S2. The molecule has 6 atom stereocenters. The van der Waals surface area contributed by atoms with Crippen LogP contribution in [0.2, 0.25) is 0 Å².